The van der Waals surface area contributed by atoms with Crippen LogP contribution in [-0.4, -0.2) is 52.9 Å². The van der Waals surface area contributed by atoms with E-state index in [0.29, 0.717) is 31.2 Å². The van der Waals surface area contributed by atoms with Gasteiger partial charge in [-0.1, -0.05) is 61.4 Å². The van der Waals surface area contributed by atoms with Gasteiger partial charge in [0.15, 0.2) is 0 Å². The molecule has 33 heavy (non-hydrogen) atoms. The molecule has 1 saturated carbocycles. The van der Waals surface area contributed by atoms with Gasteiger partial charge in [0.05, 0.1) is 12.7 Å². The Hall–Kier alpha value is -2.66. The van der Waals surface area contributed by atoms with E-state index in [4.69, 9.17) is 4.74 Å². The van der Waals surface area contributed by atoms with Gasteiger partial charge in [-0.05, 0) is 55.7 Å². The second-order valence-electron chi connectivity index (χ2n) is 9.76. The van der Waals surface area contributed by atoms with Crippen LogP contribution in [0.15, 0.2) is 60.7 Å². The van der Waals surface area contributed by atoms with Crippen LogP contribution in [0.25, 0.3) is 0 Å². The van der Waals surface area contributed by atoms with E-state index in [1.165, 1.54) is 12.0 Å². The molecule has 5 rings (SSSR count). The second kappa shape index (κ2) is 10.1. The van der Waals surface area contributed by atoms with Crippen molar-refractivity contribution in [2.24, 2.45) is 5.92 Å². The lowest BCUT2D eigenvalue weighted by Gasteiger charge is -2.37. The number of amides is 2. The molecule has 0 radical (unpaired) electrons. The molecule has 3 unspecified atom stereocenters. The van der Waals surface area contributed by atoms with Gasteiger partial charge in [-0.15, -0.1) is 0 Å². The molecular formula is C28H34N2O3. The van der Waals surface area contributed by atoms with E-state index in [1.807, 2.05) is 58.3 Å². The van der Waals surface area contributed by atoms with E-state index in [1.54, 1.807) is 0 Å². The van der Waals surface area contributed by atoms with E-state index >= 15 is 0 Å². The molecule has 3 atom stereocenters. The molecule has 174 valence electrons. The molecule has 0 N–H and O–H groups in total. The normalized spacial score (nSPS) is 25.6. The number of hydrogen-bond acceptors (Lipinski definition) is 3. The van der Waals surface area contributed by atoms with Crippen molar-refractivity contribution in [1.29, 1.82) is 0 Å². The highest BCUT2D eigenvalue weighted by atomic mass is 16.5. The molecule has 5 heteroatoms. The Balaban J connectivity index is 1.23. The minimum atomic E-state index is -0.326. The van der Waals surface area contributed by atoms with Gasteiger partial charge in [-0.3, -0.25) is 9.59 Å². The second-order valence-corrected chi connectivity index (χ2v) is 9.76. The predicted molar refractivity (Wildman–Crippen MR) is 128 cm³/mol. The fourth-order valence-corrected chi connectivity index (χ4v) is 5.94. The maximum atomic E-state index is 13.7. The van der Waals surface area contributed by atoms with Crippen molar-refractivity contribution in [1.82, 2.24) is 9.80 Å². The van der Waals surface area contributed by atoms with Crippen LogP contribution in [0.4, 0.5) is 0 Å². The van der Waals surface area contributed by atoms with Gasteiger partial charge in [-0.2, -0.15) is 0 Å². The van der Waals surface area contributed by atoms with Crippen LogP contribution in [0, 0.1) is 5.92 Å². The quantitative estimate of drug-likeness (QED) is 0.671. The molecule has 0 spiro atoms. The van der Waals surface area contributed by atoms with Crippen LogP contribution in [-0.2, 0) is 16.1 Å². The van der Waals surface area contributed by atoms with Gasteiger partial charge in [0.2, 0.25) is 5.91 Å². The zero-order valence-electron chi connectivity index (χ0n) is 19.3. The Kier molecular flexibility index (Phi) is 6.77. The molecule has 3 fully saturated rings. The summed E-state index contributed by atoms with van der Waals surface area (Å²) in [6, 6.07) is 19.6. The summed E-state index contributed by atoms with van der Waals surface area (Å²) >= 11 is 0. The first kappa shape index (κ1) is 22.1. The number of rotatable bonds is 5. The highest BCUT2D eigenvalue weighted by Gasteiger charge is 2.48. The van der Waals surface area contributed by atoms with Gasteiger partial charge in [0.25, 0.3) is 5.91 Å². The number of carbonyl (C=O) groups is 2. The first-order valence-electron chi connectivity index (χ1n) is 12.5. The maximum Gasteiger partial charge on any atom is 0.254 e. The summed E-state index contributed by atoms with van der Waals surface area (Å²) in [4.78, 5) is 31.1. The summed E-state index contributed by atoms with van der Waals surface area (Å²) < 4.78 is 6.11. The highest BCUT2D eigenvalue weighted by Crippen LogP contribution is 2.41. The first-order valence-corrected chi connectivity index (χ1v) is 12.5. The summed E-state index contributed by atoms with van der Waals surface area (Å²) in [6.45, 7) is 2.03. The topological polar surface area (TPSA) is 49.9 Å². The molecule has 2 heterocycles. The lowest BCUT2D eigenvalue weighted by atomic mass is 9.84. The highest BCUT2D eigenvalue weighted by molar-refractivity contribution is 5.98. The summed E-state index contributed by atoms with van der Waals surface area (Å²) in [6.07, 6.45) is 7.19. The van der Waals surface area contributed by atoms with E-state index in [2.05, 4.69) is 12.1 Å². The maximum absolute atomic E-state index is 13.7. The van der Waals surface area contributed by atoms with E-state index in [-0.39, 0.29) is 30.0 Å². The Bertz CT molecular complexity index is 940. The molecule has 0 bridgehead atoms. The van der Waals surface area contributed by atoms with Gasteiger partial charge in [0, 0.05) is 24.7 Å². The first-order chi connectivity index (χ1) is 16.2. The molecule has 3 aliphatic rings. The SMILES string of the molecule is O=C(C1CC2CCCCC2N1C(=O)c1ccccc1)N1CCC(OCc2ccccc2)CC1. The molecule has 2 saturated heterocycles. The van der Waals surface area contributed by atoms with Crippen LogP contribution in [0.1, 0.15) is 60.9 Å². The number of benzene rings is 2. The van der Waals surface area contributed by atoms with Crippen molar-refractivity contribution in [3.63, 3.8) is 0 Å². The minimum Gasteiger partial charge on any atom is -0.373 e. The minimum absolute atomic E-state index is 0.0180. The summed E-state index contributed by atoms with van der Waals surface area (Å²) in [5, 5.41) is 0. The molecule has 2 aromatic carbocycles. The van der Waals surface area contributed by atoms with E-state index < -0.39 is 0 Å². The number of carbonyl (C=O) groups excluding carboxylic acids is 2. The van der Waals surface area contributed by atoms with Crippen molar-refractivity contribution in [3.8, 4) is 0 Å². The third-order valence-corrected chi connectivity index (χ3v) is 7.71. The summed E-state index contributed by atoms with van der Waals surface area (Å²) in [5.74, 6) is 0.603. The molecule has 1 aliphatic carbocycles. The Labute approximate surface area is 196 Å². The largest absolute Gasteiger partial charge is 0.373 e. The van der Waals surface area contributed by atoms with Crippen molar-refractivity contribution in [3.05, 3.63) is 71.8 Å². The molecule has 0 aromatic heterocycles. The van der Waals surface area contributed by atoms with Crippen LogP contribution in [0.2, 0.25) is 0 Å². The zero-order valence-corrected chi connectivity index (χ0v) is 19.3. The number of piperidine rings is 1. The van der Waals surface area contributed by atoms with Gasteiger partial charge in [-0.25, -0.2) is 0 Å². The lowest BCUT2D eigenvalue weighted by molar-refractivity contribution is -0.138. The standard InChI is InChI=1S/C28H34N2O3/c31-27(22-11-5-2-6-12-22)30-25-14-8-7-13-23(25)19-26(30)28(32)29-17-15-24(16-18-29)33-20-21-9-3-1-4-10-21/h1-6,9-12,23-26H,7-8,13-20H2. The van der Waals surface area contributed by atoms with Crippen molar-refractivity contribution in [2.75, 3.05) is 13.1 Å². The number of ether oxygens (including phenoxy) is 1. The zero-order chi connectivity index (χ0) is 22.6. The monoisotopic (exact) mass is 446 g/mol. The molecule has 5 nitrogen and oxygen atoms in total. The fraction of sp³-hybridized carbons (Fsp3) is 0.500. The Morgan fingerprint density at radius 2 is 1.52 bits per heavy atom. The molecular weight excluding hydrogens is 412 g/mol. The Morgan fingerprint density at radius 3 is 2.24 bits per heavy atom. The van der Waals surface area contributed by atoms with Gasteiger partial charge < -0.3 is 14.5 Å². The number of hydrogen-bond donors (Lipinski definition) is 0. The molecule has 2 amide bonds. The third-order valence-electron chi connectivity index (χ3n) is 7.71. The summed E-state index contributed by atoms with van der Waals surface area (Å²) in [7, 11) is 0. The van der Waals surface area contributed by atoms with Crippen molar-refractivity contribution in [2.45, 2.75) is 69.7 Å². The average molecular weight is 447 g/mol. The lowest BCUT2D eigenvalue weighted by Crippen LogP contribution is -2.52. The van der Waals surface area contributed by atoms with E-state index in [9.17, 15) is 9.59 Å². The van der Waals surface area contributed by atoms with Crippen molar-refractivity contribution < 1.29 is 14.3 Å². The Morgan fingerprint density at radius 1 is 0.848 bits per heavy atom. The van der Waals surface area contributed by atoms with Crippen LogP contribution < -0.4 is 0 Å². The molecule has 2 aliphatic heterocycles. The van der Waals surface area contributed by atoms with Crippen LogP contribution >= 0.6 is 0 Å². The van der Waals surface area contributed by atoms with Crippen LogP contribution in [0.5, 0.6) is 0 Å². The van der Waals surface area contributed by atoms with Crippen molar-refractivity contribution >= 4 is 11.8 Å². The number of nitrogens with zero attached hydrogens (tertiary/aromatic N) is 2. The molecule has 2 aromatic rings. The fourth-order valence-electron chi connectivity index (χ4n) is 5.94. The number of fused-ring (bicyclic) bond motifs is 1. The number of likely N-dealkylation sites (tertiary alicyclic amines) is 2. The van der Waals surface area contributed by atoms with E-state index in [0.717, 1.165) is 38.5 Å². The average Bonchev–Trinajstić information content (AvgIpc) is 3.27. The van der Waals surface area contributed by atoms with Gasteiger partial charge >= 0.3 is 0 Å². The third kappa shape index (κ3) is 4.84. The summed E-state index contributed by atoms with van der Waals surface area (Å²) in [5.41, 5.74) is 1.87. The van der Waals surface area contributed by atoms with Gasteiger partial charge in [0.1, 0.15) is 6.04 Å². The van der Waals surface area contributed by atoms with Crippen LogP contribution in [0.3, 0.4) is 0 Å². The smallest absolute Gasteiger partial charge is 0.254 e. The predicted octanol–water partition coefficient (Wildman–Crippen LogP) is 4.67.